The van der Waals surface area contributed by atoms with Crippen LogP contribution >= 0.6 is 0 Å². The number of nitrogens with zero attached hydrogens (tertiary/aromatic N) is 2. The molecule has 1 saturated heterocycles. The van der Waals surface area contributed by atoms with Crippen molar-refractivity contribution in [1.29, 1.82) is 0 Å². The van der Waals surface area contributed by atoms with Gasteiger partial charge in [-0.05, 0) is 66.1 Å². The minimum Gasteiger partial charge on any atom is -0.494 e. The van der Waals surface area contributed by atoms with Crippen LogP contribution in [0.5, 0.6) is 5.75 Å². The molecule has 3 atom stereocenters. The smallest absolute Gasteiger partial charge is 0.321 e. The molecule has 1 fully saturated rings. The van der Waals surface area contributed by atoms with Gasteiger partial charge < -0.3 is 36.0 Å². The second kappa shape index (κ2) is 14.3. The average molecular weight is 688 g/mol. The maximum Gasteiger partial charge on any atom is 0.321 e. The van der Waals surface area contributed by atoms with Crippen molar-refractivity contribution in [2.75, 3.05) is 44.1 Å². The van der Waals surface area contributed by atoms with Gasteiger partial charge in [0.25, 0.3) is 0 Å². The third-order valence-electron chi connectivity index (χ3n) is 8.01. The third-order valence-corrected chi connectivity index (χ3v) is 9.81. The summed E-state index contributed by atoms with van der Waals surface area (Å²) in [5, 5.41) is 15.6. The van der Waals surface area contributed by atoms with E-state index < -0.39 is 63.3 Å². The van der Waals surface area contributed by atoms with E-state index in [1.807, 2.05) is 0 Å². The summed E-state index contributed by atoms with van der Waals surface area (Å²) in [6.45, 7) is 1.24. The van der Waals surface area contributed by atoms with E-state index in [0.29, 0.717) is 0 Å². The first-order valence-electron chi connectivity index (χ1n) is 14.7. The molecule has 0 saturated carbocycles. The van der Waals surface area contributed by atoms with Gasteiger partial charge in [0, 0.05) is 31.9 Å². The van der Waals surface area contributed by atoms with Gasteiger partial charge in [0.05, 0.1) is 35.4 Å². The summed E-state index contributed by atoms with van der Waals surface area (Å²) in [6, 6.07) is 7.11. The number of ether oxygens (including phenoxy) is 1. The number of sulfone groups is 1. The van der Waals surface area contributed by atoms with Crippen LogP contribution in [0.3, 0.4) is 0 Å². The van der Waals surface area contributed by atoms with E-state index in [1.165, 1.54) is 63.4 Å². The van der Waals surface area contributed by atoms with Crippen molar-refractivity contribution >= 4 is 45.0 Å². The number of likely N-dealkylation sites (tertiary alicyclic amines) is 1. The first kappa shape index (κ1) is 35.6. The molecule has 3 aromatic carbocycles. The van der Waals surface area contributed by atoms with Crippen molar-refractivity contribution in [2.24, 2.45) is 11.7 Å². The SMILES string of the molecule is CCS(=O)(=O)c1ccc(NC(=O)N(C)C)cc1C1C(C(=O)O)CCN1C(=O)[C@H](Nc1cc(C(N)=O)ccc1F)c1ccc(F)c(OC)c1. The van der Waals surface area contributed by atoms with Gasteiger partial charge in [-0.2, -0.15) is 0 Å². The van der Waals surface area contributed by atoms with E-state index >= 15 is 4.39 Å². The molecule has 4 rings (SSSR count). The molecule has 0 aliphatic carbocycles. The Kier molecular flexibility index (Phi) is 10.6. The number of carbonyl (C=O) groups excluding carboxylic acids is 3. The van der Waals surface area contributed by atoms with Gasteiger partial charge in [0.1, 0.15) is 11.9 Å². The molecule has 2 unspecified atom stereocenters. The molecule has 1 aliphatic heterocycles. The highest BCUT2D eigenvalue weighted by molar-refractivity contribution is 7.91. The lowest BCUT2D eigenvalue weighted by Gasteiger charge is -2.33. The normalized spacial score (nSPS) is 16.6. The zero-order valence-corrected chi connectivity index (χ0v) is 27.3. The highest BCUT2D eigenvalue weighted by Crippen LogP contribution is 2.43. The van der Waals surface area contributed by atoms with E-state index in [1.54, 1.807) is 0 Å². The Morgan fingerprint density at radius 2 is 1.75 bits per heavy atom. The Hall–Kier alpha value is -5.25. The molecule has 1 aliphatic rings. The fraction of sp³-hybridized carbons (Fsp3) is 0.312. The van der Waals surface area contributed by atoms with E-state index in [-0.39, 0.29) is 57.4 Å². The Bertz CT molecular complexity index is 1870. The number of primary amides is 1. The van der Waals surface area contributed by atoms with Gasteiger partial charge in [0.2, 0.25) is 11.8 Å². The number of rotatable bonds is 11. The molecule has 0 bridgehead atoms. The topological polar surface area (TPSA) is 188 Å². The lowest BCUT2D eigenvalue weighted by Crippen LogP contribution is -2.40. The second-order valence-corrected chi connectivity index (χ2v) is 13.5. The summed E-state index contributed by atoms with van der Waals surface area (Å²) >= 11 is 0. The summed E-state index contributed by atoms with van der Waals surface area (Å²) in [5.41, 5.74) is 5.14. The van der Waals surface area contributed by atoms with Gasteiger partial charge in [-0.15, -0.1) is 0 Å². The number of benzene rings is 3. The standard InChI is InChI=1S/C32H35F2N5O8S/c1-5-48(45,46)26-11-8-19(36-32(44)38(2)3)16-21(26)28-20(31(42)43)12-13-39(28)30(41)27(17-6-10-23(34)25(15-17)47-4)37-24-14-18(29(35)40)7-9-22(24)33/h6-11,14-16,20,27-28,37H,5,12-13H2,1-4H3,(H2,35,40)(H,36,44)(H,42,43)/t20?,27-,28?/m1/s1. The number of hydrogen-bond donors (Lipinski definition) is 4. The van der Waals surface area contributed by atoms with Gasteiger partial charge in [-0.3, -0.25) is 14.4 Å². The van der Waals surface area contributed by atoms with Crippen molar-refractivity contribution in [1.82, 2.24) is 9.80 Å². The van der Waals surface area contributed by atoms with Crippen LogP contribution in [0.2, 0.25) is 0 Å². The number of halogens is 2. The van der Waals surface area contributed by atoms with Crippen molar-refractivity contribution in [3.05, 3.63) is 82.9 Å². The van der Waals surface area contributed by atoms with Crippen LogP contribution in [0.15, 0.2) is 59.5 Å². The summed E-state index contributed by atoms with van der Waals surface area (Å²) in [5.74, 6) is -6.54. The molecule has 1 heterocycles. The predicted octanol–water partition coefficient (Wildman–Crippen LogP) is 3.79. The lowest BCUT2D eigenvalue weighted by molar-refractivity contribution is -0.143. The maximum atomic E-state index is 15.1. The van der Waals surface area contributed by atoms with Crippen LogP contribution in [0.25, 0.3) is 0 Å². The highest BCUT2D eigenvalue weighted by atomic mass is 32.2. The summed E-state index contributed by atoms with van der Waals surface area (Å²) in [7, 11) is 0.181. The largest absolute Gasteiger partial charge is 0.494 e. The molecule has 5 N–H and O–H groups in total. The average Bonchev–Trinajstić information content (AvgIpc) is 3.50. The van der Waals surface area contributed by atoms with E-state index in [4.69, 9.17) is 10.5 Å². The highest BCUT2D eigenvalue weighted by Gasteiger charge is 2.46. The second-order valence-electron chi connectivity index (χ2n) is 11.2. The Balaban J connectivity index is 1.92. The van der Waals surface area contributed by atoms with Crippen LogP contribution in [-0.2, 0) is 19.4 Å². The predicted molar refractivity (Wildman–Crippen MR) is 171 cm³/mol. The minimum atomic E-state index is -4.00. The van der Waals surface area contributed by atoms with E-state index in [2.05, 4.69) is 10.6 Å². The molecular weight excluding hydrogens is 652 g/mol. The molecule has 0 spiro atoms. The zero-order valence-electron chi connectivity index (χ0n) is 26.5. The van der Waals surface area contributed by atoms with E-state index in [0.717, 1.165) is 29.2 Å². The van der Waals surface area contributed by atoms with Crippen molar-refractivity contribution in [3.8, 4) is 5.75 Å². The Morgan fingerprint density at radius 1 is 1.06 bits per heavy atom. The molecule has 256 valence electrons. The van der Waals surface area contributed by atoms with Crippen molar-refractivity contribution in [3.63, 3.8) is 0 Å². The van der Waals surface area contributed by atoms with Gasteiger partial charge in [-0.1, -0.05) is 13.0 Å². The number of carboxylic acid groups (broad SMARTS) is 1. The van der Waals surface area contributed by atoms with Crippen LogP contribution in [0, 0.1) is 17.6 Å². The molecule has 16 heteroatoms. The Labute approximate surface area is 275 Å². The Morgan fingerprint density at radius 3 is 2.35 bits per heavy atom. The van der Waals surface area contributed by atoms with Crippen molar-refractivity contribution < 1.29 is 46.2 Å². The summed E-state index contributed by atoms with van der Waals surface area (Å²) < 4.78 is 61.2. The molecule has 3 aromatic rings. The summed E-state index contributed by atoms with van der Waals surface area (Å²) in [4.78, 5) is 53.7. The monoisotopic (exact) mass is 687 g/mol. The van der Waals surface area contributed by atoms with E-state index in [9.17, 15) is 37.1 Å². The van der Waals surface area contributed by atoms with Gasteiger partial charge in [0.15, 0.2) is 21.4 Å². The zero-order chi connectivity index (χ0) is 35.5. The molecule has 4 amide bonds. The van der Waals surface area contributed by atoms with Crippen molar-refractivity contribution in [2.45, 2.75) is 30.3 Å². The number of urea groups is 1. The molecule has 0 radical (unpaired) electrons. The maximum absolute atomic E-state index is 15.1. The lowest BCUT2D eigenvalue weighted by atomic mass is 9.92. The first-order chi connectivity index (χ1) is 22.6. The fourth-order valence-electron chi connectivity index (χ4n) is 5.47. The first-order valence-corrected chi connectivity index (χ1v) is 16.3. The van der Waals surface area contributed by atoms with Crippen LogP contribution in [0.4, 0.5) is 25.0 Å². The van der Waals surface area contributed by atoms with Crippen LogP contribution in [-0.4, -0.2) is 80.6 Å². The fourth-order valence-corrected chi connectivity index (χ4v) is 6.59. The number of nitrogens with one attached hydrogen (secondary N) is 2. The molecule has 48 heavy (non-hydrogen) atoms. The minimum absolute atomic E-state index is 0.0519. The number of carboxylic acids is 1. The number of nitrogens with two attached hydrogens (primary N) is 1. The molecule has 13 nitrogen and oxygen atoms in total. The van der Waals surface area contributed by atoms with Gasteiger partial charge >= 0.3 is 12.0 Å². The van der Waals surface area contributed by atoms with Gasteiger partial charge in [-0.25, -0.2) is 22.0 Å². The summed E-state index contributed by atoms with van der Waals surface area (Å²) in [6.07, 6.45) is -0.0867. The number of amides is 4. The number of aliphatic carboxylic acids is 1. The molecule has 0 aromatic heterocycles. The number of methoxy groups -OCH3 is 1. The number of anilines is 2. The van der Waals surface area contributed by atoms with Crippen LogP contribution in [0.1, 0.15) is 46.9 Å². The quantitative estimate of drug-likeness (QED) is 0.233. The number of carbonyl (C=O) groups is 4. The third kappa shape index (κ3) is 7.33. The van der Waals surface area contributed by atoms with Crippen LogP contribution < -0.4 is 21.1 Å². The number of hydrogen-bond acceptors (Lipinski definition) is 8. The molecular formula is C32H35F2N5O8S.